The van der Waals surface area contributed by atoms with Crippen LogP contribution in [0.3, 0.4) is 0 Å². The highest BCUT2D eigenvalue weighted by atomic mass is 16.6. The summed E-state index contributed by atoms with van der Waals surface area (Å²) >= 11 is 0. The number of hydrogen-bond acceptors (Lipinski definition) is 5. The fourth-order valence-electron chi connectivity index (χ4n) is 4.10. The molecule has 6 nitrogen and oxygen atoms in total. The van der Waals surface area contributed by atoms with Crippen LogP contribution in [-0.4, -0.2) is 60.4 Å². The van der Waals surface area contributed by atoms with Gasteiger partial charge in [-0.05, 0) is 69.9 Å². The molecule has 1 aliphatic rings. The number of nitrogens with zero attached hydrogens (tertiary/aromatic N) is 3. The Bertz CT molecular complexity index is 964. The molecule has 0 atom stereocenters. The molecule has 0 bridgehead atoms. The number of hydrogen-bond donors (Lipinski definition) is 1. The van der Waals surface area contributed by atoms with Crippen molar-refractivity contribution in [3.8, 4) is 0 Å². The van der Waals surface area contributed by atoms with Crippen molar-refractivity contribution in [3.63, 3.8) is 0 Å². The van der Waals surface area contributed by atoms with Gasteiger partial charge in [-0.15, -0.1) is 0 Å². The number of rotatable bonds is 7. The van der Waals surface area contributed by atoms with Crippen molar-refractivity contribution >= 4 is 17.3 Å². The van der Waals surface area contributed by atoms with Crippen molar-refractivity contribution in [2.75, 3.05) is 38.1 Å². The molecule has 0 spiro atoms. The summed E-state index contributed by atoms with van der Waals surface area (Å²) in [5.74, 6) is -0.329. The van der Waals surface area contributed by atoms with Crippen molar-refractivity contribution in [3.05, 3.63) is 71.1 Å². The number of esters is 1. The molecule has 0 aliphatic carbocycles. The lowest BCUT2D eigenvalue weighted by Gasteiger charge is -2.40. The molecular formula is C27H35N3O3. The zero-order valence-corrected chi connectivity index (χ0v) is 20.2. The van der Waals surface area contributed by atoms with Crippen LogP contribution < -0.4 is 4.90 Å². The molecular weight excluding hydrogens is 414 g/mol. The lowest BCUT2D eigenvalue weighted by Crippen LogP contribution is -2.50. The van der Waals surface area contributed by atoms with Crippen LogP contribution in [-0.2, 0) is 11.2 Å². The molecule has 0 aromatic heterocycles. The van der Waals surface area contributed by atoms with Crippen LogP contribution in [0.4, 0.5) is 11.4 Å². The van der Waals surface area contributed by atoms with E-state index in [1.54, 1.807) is 12.1 Å². The Hall–Kier alpha value is -2.88. The molecule has 0 saturated carbocycles. The van der Waals surface area contributed by atoms with E-state index in [4.69, 9.17) is 11.3 Å². The minimum absolute atomic E-state index is 0.329. The molecule has 1 N–H and O–H groups in total. The monoisotopic (exact) mass is 449 g/mol. The van der Waals surface area contributed by atoms with Gasteiger partial charge < -0.3 is 19.6 Å². The van der Waals surface area contributed by atoms with Crippen LogP contribution in [0, 0.1) is 6.57 Å². The van der Waals surface area contributed by atoms with Gasteiger partial charge in [0, 0.05) is 38.9 Å². The predicted molar refractivity (Wildman–Crippen MR) is 132 cm³/mol. The number of benzene rings is 2. The molecule has 1 fully saturated rings. The van der Waals surface area contributed by atoms with Gasteiger partial charge in [0.15, 0.2) is 5.69 Å². The van der Waals surface area contributed by atoms with Crippen molar-refractivity contribution in [2.24, 2.45) is 0 Å². The number of likely N-dealkylation sites (N-methyl/N-ethyl adjacent to an activating group) is 1. The van der Waals surface area contributed by atoms with Gasteiger partial charge in [0.2, 0.25) is 0 Å². The molecule has 0 amide bonds. The number of carbonyl (C=O) groups excluding carboxylic acids is 1. The third-order valence-corrected chi connectivity index (χ3v) is 6.04. The lowest BCUT2D eigenvalue weighted by atomic mass is 9.90. The summed E-state index contributed by atoms with van der Waals surface area (Å²) in [5, 5.41) is 11.2. The van der Waals surface area contributed by atoms with Crippen LogP contribution in [0.15, 0.2) is 48.5 Å². The molecule has 1 heterocycles. The van der Waals surface area contributed by atoms with E-state index in [-0.39, 0.29) is 5.97 Å². The van der Waals surface area contributed by atoms with Crippen molar-refractivity contribution in [1.82, 2.24) is 4.90 Å². The third-order valence-electron chi connectivity index (χ3n) is 6.04. The summed E-state index contributed by atoms with van der Waals surface area (Å²) in [6.45, 7) is 15.8. The first kappa shape index (κ1) is 24.8. The average molecular weight is 450 g/mol. The third kappa shape index (κ3) is 7.31. The molecule has 176 valence electrons. The molecule has 0 unspecified atom stereocenters. The highest BCUT2D eigenvalue weighted by Crippen LogP contribution is 2.26. The summed E-state index contributed by atoms with van der Waals surface area (Å²) in [6, 6.07) is 15.1. The van der Waals surface area contributed by atoms with E-state index in [0.717, 1.165) is 44.6 Å². The van der Waals surface area contributed by atoms with E-state index < -0.39 is 11.2 Å². The highest BCUT2D eigenvalue weighted by molar-refractivity contribution is 5.90. The molecule has 3 rings (SSSR count). The van der Waals surface area contributed by atoms with Gasteiger partial charge in [-0.2, -0.15) is 0 Å². The Morgan fingerprint density at radius 3 is 2.27 bits per heavy atom. The number of aliphatic hydroxyl groups is 1. The summed E-state index contributed by atoms with van der Waals surface area (Å²) in [5.41, 5.74) is 2.14. The largest absolute Gasteiger partial charge is 0.456 e. The topological polar surface area (TPSA) is 57.4 Å². The van der Waals surface area contributed by atoms with E-state index in [9.17, 15) is 9.90 Å². The number of anilines is 1. The Balaban J connectivity index is 1.48. The molecule has 2 aromatic rings. The molecule has 33 heavy (non-hydrogen) atoms. The summed E-state index contributed by atoms with van der Waals surface area (Å²) < 4.78 is 5.42. The molecule has 0 radical (unpaired) electrons. The van der Waals surface area contributed by atoms with E-state index in [0.29, 0.717) is 17.8 Å². The lowest BCUT2D eigenvalue weighted by molar-refractivity contribution is -0.0137. The van der Waals surface area contributed by atoms with Gasteiger partial charge >= 0.3 is 5.97 Å². The first-order chi connectivity index (χ1) is 15.6. The van der Waals surface area contributed by atoms with Crippen molar-refractivity contribution in [1.29, 1.82) is 0 Å². The fourth-order valence-corrected chi connectivity index (χ4v) is 4.10. The fraction of sp³-hybridized carbons (Fsp3) is 0.481. The maximum Gasteiger partial charge on any atom is 0.338 e. The van der Waals surface area contributed by atoms with Gasteiger partial charge in [-0.25, -0.2) is 9.64 Å². The molecule has 1 saturated heterocycles. The Labute approximate surface area is 197 Å². The standard InChI is InChI=1S/C27H35N3O3/c1-26(2,3)33-25(31)22-8-12-24(13-9-22)29(5)20-27(32)15-18-30(19-16-27)17-14-21-6-10-23(28-4)11-7-21/h6-13,32H,14-20H2,1-3,5H3. The molecule has 2 aromatic carbocycles. The minimum Gasteiger partial charge on any atom is -0.456 e. The Kier molecular flexibility index (Phi) is 7.78. The number of ether oxygens (including phenoxy) is 1. The van der Waals surface area contributed by atoms with Crippen molar-refractivity contribution in [2.45, 2.75) is 51.2 Å². The molecule has 1 aliphatic heterocycles. The van der Waals surface area contributed by atoms with Gasteiger partial charge in [0.25, 0.3) is 0 Å². The zero-order chi connectivity index (χ0) is 24.1. The summed E-state index contributed by atoms with van der Waals surface area (Å²) in [7, 11) is 1.97. The van der Waals surface area contributed by atoms with Gasteiger partial charge in [0.1, 0.15) is 5.60 Å². The number of likely N-dealkylation sites (tertiary alicyclic amines) is 1. The summed E-state index contributed by atoms with van der Waals surface area (Å²) in [6.07, 6.45) is 2.40. The van der Waals surface area contributed by atoms with Crippen LogP contribution in [0.2, 0.25) is 0 Å². The van der Waals surface area contributed by atoms with Gasteiger partial charge in [0.05, 0.1) is 17.7 Å². The van der Waals surface area contributed by atoms with Crippen LogP contribution in [0.1, 0.15) is 49.5 Å². The molecule has 6 heteroatoms. The number of piperidine rings is 1. The first-order valence-electron chi connectivity index (χ1n) is 11.5. The van der Waals surface area contributed by atoms with Crippen molar-refractivity contribution < 1.29 is 14.6 Å². The maximum atomic E-state index is 12.2. The minimum atomic E-state index is -0.730. The van der Waals surface area contributed by atoms with Crippen LogP contribution in [0.25, 0.3) is 4.85 Å². The average Bonchev–Trinajstić information content (AvgIpc) is 2.78. The normalized spacial score (nSPS) is 16.1. The summed E-state index contributed by atoms with van der Waals surface area (Å²) in [4.78, 5) is 20.1. The van der Waals surface area contributed by atoms with Gasteiger partial charge in [-0.1, -0.05) is 24.3 Å². The van der Waals surface area contributed by atoms with Gasteiger partial charge in [-0.3, -0.25) is 0 Å². The maximum absolute atomic E-state index is 12.2. The smallest absolute Gasteiger partial charge is 0.338 e. The SMILES string of the molecule is [C-]#[N+]c1ccc(CCN2CCC(O)(CN(C)c3ccc(C(=O)OC(C)(C)C)cc3)CC2)cc1. The number of carbonyl (C=O) groups is 1. The van der Waals surface area contributed by atoms with Crippen LogP contribution >= 0.6 is 0 Å². The van der Waals surface area contributed by atoms with Crippen LogP contribution in [0.5, 0.6) is 0 Å². The zero-order valence-electron chi connectivity index (χ0n) is 20.2. The predicted octanol–water partition coefficient (Wildman–Crippen LogP) is 4.70. The Morgan fingerprint density at radius 1 is 1.12 bits per heavy atom. The second-order valence-corrected chi connectivity index (χ2v) is 10.00. The second-order valence-electron chi connectivity index (χ2n) is 10.00. The highest BCUT2D eigenvalue weighted by Gasteiger charge is 2.33. The van der Waals surface area contributed by atoms with E-state index in [1.165, 1.54) is 5.56 Å². The quantitative estimate of drug-likeness (QED) is 0.491. The van der Waals surface area contributed by atoms with E-state index in [1.807, 2.05) is 69.1 Å². The van der Waals surface area contributed by atoms with E-state index >= 15 is 0 Å². The Morgan fingerprint density at radius 2 is 1.73 bits per heavy atom. The van der Waals surface area contributed by atoms with E-state index in [2.05, 4.69) is 9.74 Å². The first-order valence-corrected chi connectivity index (χ1v) is 11.5. The second kappa shape index (κ2) is 10.4.